The van der Waals surface area contributed by atoms with Gasteiger partial charge in [-0.15, -0.1) is 0 Å². The molecule has 0 aromatic carbocycles. The van der Waals surface area contributed by atoms with E-state index in [1.807, 2.05) is 6.92 Å². The molecule has 2 saturated heterocycles. The van der Waals surface area contributed by atoms with Crippen molar-refractivity contribution < 1.29 is 4.79 Å². The standard InChI is InChI=1S/C16H29N3O/c1-11-10-14(8-9-18(11)3)19-15(13-6-4-5-7-13)17-12(2)16(19)20/h11-15,17H,4-10H2,1-3H3. The topological polar surface area (TPSA) is 35.6 Å². The molecule has 3 aliphatic rings. The first-order valence-electron chi connectivity index (χ1n) is 8.36. The van der Waals surface area contributed by atoms with Gasteiger partial charge in [-0.2, -0.15) is 0 Å². The maximum atomic E-state index is 12.6. The van der Waals surface area contributed by atoms with E-state index in [9.17, 15) is 4.79 Å². The van der Waals surface area contributed by atoms with E-state index in [2.05, 4.69) is 29.1 Å². The minimum Gasteiger partial charge on any atom is -0.322 e. The zero-order valence-corrected chi connectivity index (χ0v) is 13.1. The number of nitrogens with one attached hydrogen (secondary N) is 1. The molecular formula is C16H29N3O. The minimum absolute atomic E-state index is 0.00978. The number of hydrogen-bond donors (Lipinski definition) is 1. The summed E-state index contributed by atoms with van der Waals surface area (Å²) in [5.41, 5.74) is 0. The normalized spacial score (nSPS) is 40.8. The first-order valence-corrected chi connectivity index (χ1v) is 8.36. The summed E-state index contributed by atoms with van der Waals surface area (Å²) in [6, 6.07) is 1.04. The summed E-state index contributed by atoms with van der Waals surface area (Å²) in [6.45, 7) is 5.43. The number of nitrogens with zero attached hydrogens (tertiary/aromatic N) is 2. The van der Waals surface area contributed by atoms with Crippen LogP contribution in [0.2, 0.25) is 0 Å². The molecule has 4 heteroatoms. The molecule has 0 aromatic heterocycles. The summed E-state index contributed by atoms with van der Waals surface area (Å²) in [7, 11) is 2.20. The summed E-state index contributed by atoms with van der Waals surface area (Å²) in [5, 5.41) is 3.58. The quantitative estimate of drug-likeness (QED) is 0.837. The lowest BCUT2D eigenvalue weighted by molar-refractivity contribution is -0.134. The summed E-state index contributed by atoms with van der Waals surface area (Å²) in [4.78, 5) is 17.3. The zero-order chi connectivity index (χ0) is 14.3. The van der Waals surface area contributed by atoms with Gasteiger partial charge in [-0.05, 0) is 52.5 Å². The number of carbonyl (C=O) groups excluding carboxylic acids is 1. The Morgan fingerprint density at radius 2 is 1.85 bits per heavy atom. The fourth-order valence-corrected chi connectivity index (χ4v) is 4.33. The van der Waals surface area contributed by atoms with E-state index < -0.39 is 0 Å². The number of carbonyl (C=O) groups is 1. The van der Waals surface area contributed by atoms with Crippen LogP contribution in [0.5, 0.6) is 0 Å². The monoisotopic (exact) mass is 279 g/mol. The maximum Gasteiger partial charge on any atom is 0.240 e. The van der Waals surface area contributed by atoms with Crippen LogP contribution in [0.3, 0.4) is 0 Å². The van der Waals surface area contributed by atoms with Crippen LogP contribution in [0.1, 0.15) is 52.4 Å². The lowest BCUT2D eigenvalue weighted by Crippen LogP contribution is -2.53. The van der Waals surface area contributed by atoms with Crippen LogP contribution in [0.4, 0.5) is 0 Å². The number of likely N-dealkylation sites (tertiary alicyclic amines) is 1. The van der Waals surface area contributed by atoms with Crippen molar-refractivity contribution in [1.29, 1.82) is 0 Å². The molecule has 0 bridgehead atoms. The van der Waals surface area contributed by atoms with Gasteiger partial charge in [0, 0.05) is 18.6 Å². The van der Waals surface area contributed by atoms with E-state index in [0.717, 1.165) is 19.4 Å². The first-order chi connectivity index (χ1) is 9.58. The molecule has 4 unspecified atom stereocenters. The highest BCUT2D eigenvalue weighted by Crippen LogP contribution is 2.35. The van der Waals surface area contributed by atoms with Gasteiger partial charge in [0.2, 0.25) is 5.91 Å². The van der Waals surface area contributed by atoms with Crippen LogP contribution in [0.25, 0.3) is 0 Å². The van der Waals surface area contributed by atoms with Crippen molar-refractivity contribution >= 4 is 5.91 Å². The van der Waals surface area contributed by atoms with Crippen LogP contribution in [-0.2, 0) is 4.79 Å². The number of hydrogen-bond acceptors (Lipinski definition) is 3. The summed E-state index contributed by atoms with van der Waals surface area (Å²) < 4.78 is 0. The van der Waals surface area contributed by atoms with Gasteiger partial charge >= 0.3 is 0 Å². The van der Waals surface area contributed by atoms with E-state index in [0.29, 0.717) is 30.1 Å². The van der Waals surface area contributed by atoms with Gasteiger partial charge in [-0.25, -0.2) is 0 Å². The molecule has 114 valence electrons. The third-order valence-corrected chi connectivity index (χ3v) is 5.77. The molecule has 1 N–H and O–H groups in total. The van der Waals surface area contributed by atoms with Crippen LogP contribution in [0.15, 0.2) is 0 Å². The van der Waals surface area contributed by atoms with E-state index in [1.165, 1.54) is 25.7 Å². The van der Waals surface area contributed by atoms with Crippen molar-refractivity contribution in [2.45, 2.75) is 76.7 Å². The highest BCUT2D eigenvalue weighted by atomic mass is 16.2. The van der Waals surface area contributed by atoms with Gasteiger partial charge in [0.15, 0.2) is 0 Å². The van der Waals surface area contributed by atoms with Crippen LogP contribution >= 0.6 is 0 Å². The van der Waals surface area contributed by atoms with Crippen molar-refractivity contribution in [2.24, 2.45) is 5.92 Å². The Morgan fingerprint density at radius 3 is 2.50 bits per heavy atom. The SMILES string of the molecule is CC1NC(C2CCCC2)N(C2CCN(C)C(C)C2)C1=O. The van der Waals surface area contributed by atoms with Crippen molar-refractivity contribution in [3.63, 3.8) is 0 Å². The predicted octanol–water partition coefficient (Wildman–Crippen LogP) is 1.81. The van der Waals surface area contributed by atoms with Crippen LogP contribution in [-0.4, -0.2) is 53.6 Å². The first kappa shape index (κ1) is 14.3. The molecule has 1 aliphatic carbocycles. The second-order valence-corrected chi connectivity index (χ2v) is 7.13. The molecule has 1 amide bonds. The third kappa shape index (κ3) is 2.48. The average molecular weight is 279 g/mol. The lowest BCUT2D eigenvalue weighted by Gasteiger charge is -2.42. The molecule has 0 radical (unpaired) electrons. The molecule has 3 rings (SSSR count). The molecule has 1 saturated carbocycles. The molecule has 0 aromatic rings. The van der Waals surface area contributed by atoms with Crippen molar-refractivity contribution in [1.82, 2.24) is 15.1 Å². The zero-order valence-electron chi connectivity index (χ0n) is 13.1. The van der Waals surface area contributed by atoms with Crippen LogP contribution < -0.4 is 5.32 Å². The van der Waals surface area contributed by atoms with Crippen LogP contribution in [0, 0.1) is 5.92 Å². The maximum absolute atomic E-state index is 12.6. The summed E-state index contributed by atoms with van der Waals surface area (Å²) >= 11 is 0. The van der Waals surface area contributed by atoms with Gasteiger partial charge in [0.1, 0.15) is 0 Å². The van der Waals surface area contributed by atoms with E-state index in [4.69, 9.17) is 0 Å². The molecule has 3 fully saturated rings. The largest absolute Gasteiger partial charge is 0.322 e. The van der Waals surface area contributed by atoms with Gasteiger partial charge in [0.05, 0.1) is 12.2 Å². The molecule has 4 atom stereocenters. The lowest BCUT2D eigenvalue weighted by atomic mass is 9.95. The highest BCUT2D eigenvalue weighted by Gasteiger charge is 2.45. The molecule has 20 heavy (non-hydrogen) atoms. The van der Waals surface area contributed by atoms with Gasteiger partial charge in [-0.3, -0.25) is 10.1 Å². The number of piperidine rings is 1. The third-order valence-electron chi connectivity index (χ3n) is 5.77. The number of rotatable bonds is 2. The summed E-state index contributed by atoms with van der Waals surface area (Å²) in [6.07, 6.45) is 7.81. The van der Waals surface area contributed by atoms with Gasteiger partial charge in [0.25, 0.3) is 0 Å². The minimum atomic E-state index is 0.00978. The Hall–Kier alpha value is -0.610. The fourth-order valence-electron chi connectivity index (χ4n) is 4.33. The predicted molar refractivity (Wildman–Crippen MR) is 80.3 cm³/mol. The van der Waals surface area contributed by atoms with Gasteiger partial charge < -0.3 is 9.80 Å². The van der Waals surface area contributed by atoms with Crippen molar-refractivity contribution in [3.05, 3.63) is 0 Å². The Kier molecular flexibility index (Phi) is 4.04. The second kappa shape index (κ2) is 5.64. The van der Waals surface area contributed by atoms with E-state index in [1.54, 1.807) is 0 Å². The van der Waals surface area contributed by atoms with Crippen molar-refractivity contribution in [2.75, 3.05) is 13.6 Å². The highest BCUT2D eigenvalue weighted by molar-refractivity contribution is 5.84. The fraction of sp³-hybridized carbons (Fsp3) is 0.938. The molecule has 0 spiro atoms. The summed E-state index contributed by atoms with van der Waals surface area (Å²) in [5.74, 6) is 1.02. The smallest absolute Gasteiger partial charge is 0.240 e. The molecule has 2 heterocycles. The Balaban J connectivity index is 1.75. The van der Waals surface area contributed by atoms with E-state index >= 15 is 0 Å². The second-order valence-electron chi connectivity index (χ2n) is 7.13. The van der Waals surface area contributed by atoms with Gasteiger partial charge in [-0.1, -0.05) is 12.8 Å². The Bertz CT molecular complexity index is 367. The van der Waals surface area contributed by atoms with Crippen molar-refractivity contribution in [3.8, 4) is 0 Å². The molecule has 4 nitrogen and oxygen atoms in total. The molecule has 2 aliphatic heterocycles. The Morgan fingerprint density at radius 1 is 1.15 bits per heavy atom. The molecular weight excluding hydrogens is 250 g/mol. The average Bonchev–Trinajstić information content (AvgIpc) is 3.03. The van der Waals surface area contributed by atoms with E-state index in [-0.39, 0.29) is 6.04 Å². The number of amides is 1. The Labute approximate surface area is 122 Å².